The Bertz CT molecular complexity index is 535. The fourth-order valence-electron chi connectivity index (χ4n) is 2.53. The maximum Gasteiger partial charge on any atom is 0.227 e. The van der Waals surface area contributed by atoms with E-state index in [-0.39, 0.29) is 17.7 Å². The summed E-state index contributed by atoms with van der Waals surface area (Å²) in [7, 11) is 0. The molecule has 0 spiro atoms. The maximum atomic E-state index is 11.7. The number of nitrogens with zero attached hydrogens (tertiary/aromatic N) is 1. The average molecular weight is 258 g/mol. The molecule has 1 heterocycles. The lowest BCUT2D eigenvalue weighted by Gasteiger charge is -2.19. The van der Waals surface area contributed by atoms with Gasteiger partial charge in [-0.05, 0) is 49.9 Å². The van der Waals surface area contributed by atoms with E-state index in [9.17, 15) is 9.59 Å². The number of hydrogen-bond donors (Lipinski definition) is 1. The van der Waals surface area contributed by atoms with Crippen molar-refractivity contribution in [1.82, 2.24) is 0 Å². The molecule has 100 valence electrons. The lowest BCUT2D eigenvalue weighted by atomic mass is 10.1. The number of nitrogens with one attached hydrogen (secondary N) is 1. The van der Waals surface area contributed by atoms with E-state index in [2.05, 4.69) is 5.32 Å². The van der Waals surface area contributed by atoms with E-state index in [1.807, 2.05) is 30.0 Å². The van der Waals surface area contributed by atoms with Crippen molar-refractivity contribution in [2.75, 3.05) is 16.8 Å². The molecule has 1 N–H and O–H groups in total. The highest BCUT2D eigenvalue weighted by molar-refractivity contribution is 5.97. The highest BCUT2D eigenvalue weighted by atomic mass is 16.2. The zero-order valence-electron chi connectivity index (χ0n) is 11.1. The van der Waals surface area contributed by atoms with Gasteiger partial charge < -0.3 is 10.2 Å². The van der Waals surface area contributed by atoms with Crippen molar-refractivity contribution < 1.29 is 9.59 Å². The van der Waals surface area contributed by atoms with Gasteiger partial charge in [-0.1, -0.05) is 0 Å². The van der Waals surface area contributed by atoms with Gasteiger partial charge in [0.25, 0.3) is 0 Å². The maximum absolute atomic E-state index is 11.7. The Morgan fingerprint density at radius 3 is 2.74 bits per heavy atom. The van der Waals surface area contributed by atoms with Gasteiger partial charge in [0.1, 0.15) is 0 Å². The molecule has 1 aromatic carbocycles. The number of amides is 2. The molecule has 1 aliphatic carbocycles. The van der Waals surface area contributed by atoms with Crippen LogP contribution in [0.2, 0.25) is 0 Å². The minimum absolute atomic E-state index is 0.115. The predicted molar refractivity (Wildman–Crippen MR) is 74.1 cm³/mol. The number of carbonyl (C=O) groups is 2. The quantitative estimate of drug-likeness (QED) is 0.905. The van der Waals surface area contributed by atoms with Gasteiger partial charge in [-0.25, -0.2) is 0 Å². The first-order valence-corrected chi connectivity index (χ1v) is 6.87. The summed E-state index contributed by atoms with van der Waals surface area (Å²) in [5.41, 5.74) is 2.82. The molecule has 0 radical (unpaired) electrons. The van der Waals surface area contributed by atoms with Crippen molar-refractivity contribution in [1.29, 1.82) is 0 Å². The van der Waals surface area contributed by atoms with Crippen LogP contribution in [-0.2, 0) is 9.59 Å². The molecular weight excluding hydrogens is 240 g/mol. The third-order valence-electron chi connectivity index (χ3n) is 3.78. The zero-order valence-corrected chi connectivity index (χ0v) is 11.1. The molecule has 1 aromatic rings. The summed E-state index contributed by atoms with van der Waals surface area (Å²) >= 11 is 0. The SMILES string of the molecule is Cc1cc(NC(=O)C2CC2)ccc1N1CCCC1=O. The summed E-state index contributed by atoms with van der Waals surface area (Å²) in [6, 6.07) is 5.76. The van der Waals surface area contributed by atoms with Crippen LogP contribution < -0.4 is 10.2 Å². The molecule has 0 atom stereocenters. The van der Waals surface area contributed by atoms with Gasteiger partial charge in [0, 0.05) is 30.3 Å². The van der Waals surface area contributed by atoms with Crippen molar-refractivity contribution in [3.63, 3.8) is 0 Å². The van der Waals surface area contributed by atoms with Crippen LogP contribution in [-0.4, -0.2) is 18.4 Å². The minimum atomic E-state index is 0.115. The van der Waals surface area contributed by atoms with E-state index < -0.39 is 0 Å². The first-order valence-electron chi connectivity index (χ1n) is 6.87. The second-order valence-electron chi connectivity index (χ2n) is 5.41. The molecule has 19 heavy (non-hydrogen) atoms. The van der Waals surface area contributed by atoms with Crippen molar-refractivity contribution in [3.8, 4) is 0 Å². The van der Waals surface area contributed by atoms with Crippen molar-refractivity contribution >= 4 is 23.2 Å². The molecule has 1 saturated heterocycles. The Balaban J connectivity index is 1.77. The van der Waals surface area contributed by atoms with Crippen LogP contribution >= 0.6 is 0 Å². The Morgan fingerprint density at radius 2 is 2.16 bits per heavy atom. The summed E-state index contributed by atoms with van der Waals surface area (Å²) in [4.78, 5) is 25.3. The standard InChI is InChI=1S/C15H18N2O2/c1-10-9-12(16-15(19)11-4-5-11)6-7-13(10)17-8-2-3-14(17)18/h6-7,9,11H,2-5,8H2,1H3,(H,16,19). The van der Waals surface area contributed by atoms with E-state index in [0.29, 0.717) is 6.42 Å². The first kappa shape index (κ1) is 12.2. The van der Waals surface area contributed by atoms with Gasteiger partial charge in [-0.2, -0.15) is 0 Å². The van der Waals surface area contributed by atoms with Crippen LogP contribution in [0.4, 0.5) is 11.4 Å². The molecule has 4 heteroatoms. The topological polar surface area (TPSA) is 49.4 Å². The number of hydrogen-bond acceptors (Lipinski definition) is 2. The molecule has 0 unspecified atom stereocenters. The summed E-state index contributed by atoms with van der Waals surface area (Å²) < 4.78 is 0. The number of aryl methyl sites for hydroxylation is 1. The monoisotopic (exact) mass is 258 g/mol. The van der Waals surface area contributed by atoms with Gasteiger partial charge in [-0.3, -0.25) is 9.59 Å². The van der Waals surface area contributed by atoms with E-state index in [4.69, 9.17) is 0 Å². The highest BCUT2D eigenvalue weighted by Crippen LogP contribution is 2.31. The summed E-state index contributed by atoms with van der Waals surface area (Å²) in [6.45, 7) is 2.78. The van der Waals surface area contributed by atoms with E-state index in [1.54, 1.807) is 0 Å². The van der Waals surface area contributed by atoms with Gasteiger partial charge in [0.15, 0.2) is 0 Å². The smallest absolute Gasteiger partial charge is 0.227 e. The average Bonchev–Trinajstić information content (AvgIpc) is 3.14. The fourth-order valence-corrected chi connectivity index (χ4v) is 2.53. The number of rotatable bonds is 3. The summed E-state index contributed by atoms with van der Waals surface area (Å²) in [5, 5.41) is 2.93. The van der Waals surface area contributed by atoms with Gasteiger partial charge in [-0.15, -0.1) is 0 Å². The molecule has 0 bridgehead atoms. The number of benzene rings is 1. The molecule has 4 nitrogen and oxygen atoms in total. The summed E-state index contributed by atoms with van der Waals surface area (Å²) in [5.74, 6) is 0.516. The van der Waals surface area contributed by atoms with Gasteiger partial charge >= 0.3 is 0 Å². The van der Waals surface area contributed by atoms with Crippen LogP contribution in [0.25, 0.3) is 0 Å². The highest BCUT2D eigenvalue weighted by Gasteiger charge is 2.29. The van der Waals surface area contributed by atoms with E-state index >= 15 is 0 Å². The molecule has 2 aliphatic rings. The second kappa shape index (κ2) is 4.68. The minimum Gasteiger partial charge on any atom is -0.326 e. The van der Waals surface area contributed by atoms with Crippen LogP contribution in [0.15, 0.2) is 18.2 Å². The van der Waals surface area contributed by atoms with Crippen molar-refractivity contribution in [2.45, 2.75) is 32.6 Å². The van der Waals surface area contributed by atoms with E-state index in [1.165, 1.54) is 0 Å². The normalized spacial score (nSPS) is 18.8. The Morgan fingerprint density at radius 1 is 1.37 bits per heavy atom. The second-order valence-corrected chi connectivity index (χ2v) is 5.41. The molecule has 2 amide bonds. The molecule has 2 fully saturated rings. The Labute approximate surface area is 112 Å². The van der Waals surface area contributed by atoms with Crippen LogP contribution in [0.5, 0.6) is 0 Å². The lowest BCUT2D eigenvalue weighted by molar-refractivity contribution is -0.118. The zero-order chi connectivity index (χ0) is 13.4. The Hall–Kier alpha value is -1.84. The third-order valence-corrected chi connectivity index (χ3v) is 3.78. The molecular formula is C15H18N2O2. The largest absolute Gasteiger partial charge is 0.326 e. The van der Waals surface area contributed by atoms with Crippen LogP contribution in [0.1, 0.15) is 31.2 Å². The molecule has 1 aliphatic heterocycles. The molecule has 1 saturated carbocycles. The van der Waals surface area contributed by atoms with E-state index in [0.717, 1.165) is 42.7 Å². The molecule has 0 aromatic heterocycles. The van der Waals surface area contributed by atoms with Crippen LogP contribution in [0.3, 0.4) is 0 Å². The van der Waals surface area contributed by atoms with Crippen molar-refractivity contribution in [3.05, 3.63) is 23.8 Å². The lowest BCUT2D eigenvalue weighted by Crippen LogP contribution is -2.24. The third kappa shape index (κ3) is 2.48. The first-order chi connectivity index (χ1) is 9.15. The predicted octanol–water partition coefficient (Wildman–Crippen LogP) is 2.47. The van der Waals surface area contributed by atoms with Gasteiger partial charge in [0.05, 0.1) is 0 Å². The Kier molecular flexibility index (Phi) is 3.01. The summed E-state index contributed by atoms with van der Waals surface area (Å²) in [6.07, 6.45) is 3.58. The van der Waals surface area contributed by atoms with Crippen LogP contribution in [0, 0.1) is 12.8 Å². The fraction of sp³-hybridized carbons (Fsp3) is 0.467. The number of anilines is 2. The van der Waals surface area contributed by atoms with Crippen molar-refractivity contribution in [2.24, 2.45) is 5.92 Å². The number of carbonyl (C=O) groups excluding carboxylic acids is 2. The van der Waals surface area contributed by atoms with Gasteiger partial charge in [0.2, 0.25) is 11.8 Å². The molecule has 3 rings (SSSR count).